The van der Waals surface area contributed by atoms with Gasteiger partial charge in [0.2, 0.25) is 0 Å². The van der Waals surface area contributed by atoms with Crippen LogP contribution >= 0.6 is 0 Å². The van der Waals surface area contributed by atoms with Crippen LogP contribution in [0.1, 0.15) is 33.6 Å². The molecule has 106 valence electrons. The van der Waals surface area contributed by atoms with Crippen LogP contribution in [0, 0.1) is 0 Å². The van der Waals surface area contributed by atoms with Crippen molar-refractivity contribution >= 4 is 11.8 Å². The first kappa shape index (κ1) is 17.1. The maximum atomic E-state index is 11.7. The molecule has 1 atom stereocenters. The molecule has 0 aromatic heterocycles. The first-order valence-electron chi connectivity index (χ1n) is 6.45. The lowest BCUT2D eigenvalue weighted by atomic mass is 10.2. The molecule has 5 heteroatoms. The minimum atomic E-state index is -0.307. The van der Waals surface area contributed by atoms with Gasteiger partial charge in [-0.05, 0) is 20.4 Å². The van der Waals surface area contributed by atoms with Gasteiger partial charge in [0.05, 0.1) is 26.2 Å². The number of carbonyl (C=O) groups excluding carboxylic acids is 2. The molecule has 1 unspecified atom stereocenters. The van der Waals surface area contributed by atoms with Gasteiger partial charge in [-0.2, -0.15) is 0 Å². The molecule has 0 fully saturated rings. The van der Waals surface area contributed by atoms with Crippen molar-refractivity contribution in [1.82, 2.24) is 4.90 Å². The van der Waals surface area contributed by atoms with Crippen molar-refractivity contribution in [2.75, 3.05) is 33.4 Å². The predicted octanol–water partition coefficient (Wildman–Crippen LogP) is 1.26. The second-order valence-electron chi connectivity index (χ2n) is 4.21. The van der Waals surface area contributed by atoms with E-state index in [4.69, 9.17) is 9.47 Å². The summed E-state index contributed by atoms with van der Waals surface area (Å²) in [6.07, 6.45) is 0.415. The van der Waals surface area contributed by atoms with E-state index < -0.39 is 0 Å². The molecular weight excluding hydrogens is 234 g/mol. The van der Waals surface area contributed by atoms with Gasteiger partial charge >= 0.3 is 5.97 Å². The Hall–Kier alpha value is -0.940. The normalized spacial score (nSPS) is 12.5. The molecule has 0 aromatic carbocycles. The van der Waals surface area contributed by atoms with Gasteiger partial charge < -0.3 is 9.47 Å². The van der Waals surface area contributed by atoms with Gasteiger partial charge in [0, 0.05) is 19.6 Å². The van der Waals surface area contributed by atoms with Crippen LogP contribution in [0.5, 0.6) is 0 Å². The van der Waals surface area contributed by atoms with Gasteiger partial charge in [-0.15, -0.1) is 0 Å². The largest absolute Gasteiger partial charge is 0.466 e. The fourth-order valence-corrected chi connectivity index (χ4v) is 1.71. The number of rotatable bonds is 10. The van der Waals surface area contributed by atoms with Crippen molar-refractivity contribution in [1.29, 1.82) is 0 Å². The number of likely N-dealkylation sites (N-methyl/N-ethyl adjacent to an activating group) is 1. The molecule has 0 aliphatic rings. The van der Waals surface area contributed by atoms with Gasteiger partial charge in [-0.25, -0.2) is 0 Å². The van der Waals surface area contributed by atoms with E-state index in [9.17, 15) is 9.59 Å². The number of Topliss-reactive ketones (excluding diaryl/α,β-unsaturated/α-hetero) is 1. The molecule has 0 heterocycles. The lowest BCUT2D eigenvalue weighted by Gasteiger charge is -2.26. The van der Waals surface area contributed by atoms with Gasteiger partial charge in [0.15, 0.2) is 0 Å². The zero-order valence-electron chi connectivity index (χ0n) is 11.9. The lowest BCUT2D eigenvalue weighted by molar-refractivity contribution is -0.144. The monoisotopic (exact) mass is 259 g/mol. The number of methoxy groups -OCH3 is 1. The summed E-state index contributed by atoms with van der Waals surface area (Å²) < 4.78 is 9.86. The fourth-order valence-electron chi connectivity index (χ4n) is 1.71. The summed E-state index contributed by atoms with van der Waals surface area (Å²) in [6, 6.07) is 0.201. The maximum Gasteiger partial charge on any atom is 0.306 e. The molecule has 0 spiro atoms. The van der Waals surface area contributed by atoms with Crippen LogP contribution in [0.2, 0.25) is 0 Å². The highest BCUT2D eigenvalue weighted by Crippen LogP contribution is 2.02. The molecule has 0 N–H and O–H groups in total. The average Bonchev–Trinajstić information content (AvgIpc) is 2.34. The smallest absolute Gasteiger partial charge is 0.306 e. The quantitative estimate of drug-likeness (QED) is 0.553. The van der Waals surface area contributed by atoms with E-state index in [0.717, 1.165) is 6.54 Å². The molecule has 0 aliphatic carbocycles. The first-order chi connectivity index (χ1) is 8.54. The third kappa shape index (κ3) is 7.40. The Balaban J connectivity index is 4.00. The highest BCUT2D eigenvalue weighted by molar-refractivity contribution is 5.84. The van der Waals surface area contributed by atoms with Crippen molar-refractivity contribution in [3.05, 3.63) is 0 Å². The second-order valence-corrected chi connectivity index (χ2v) is 4.21. The molecule has 0 rings (SSSR count). The summed E-state index contributed by atoms with van der Waals surface area (Å²) in [6.45, 7) is 7.88. The van der Waals surface area contributed by atoms with E-state index in [1.807, 2.05) is 18.7 Å². The van der Waals surface area contributed by atoms with E-state index in [1.54, 1.807) is 14.0 Å². The number of nitrogens with zero attached hydrogens (tertiary/aromatic N) is 1. The van der Waals surface area contributed by atoms with Crippen LogP contribution in [0.4, 0.5) is 0 Å². The number of ketones is 1. The Bertz CT molecular complexity index is 255. The minimum absolute atomic E-state index is 0.0628. The van der Waals surface area contributed by atoms with Crippen LogP contribution in [0.15, 0.2) is 0 Å². The average molecular weight is 259 g/mol. The van der Waals surface area contributed by atoms with Crippen molar-refractivity contribution in [3.63, 3.8) is 0 Å². The van der Waals surface area contributed by atoms with E-state index in [0.29, 0.717) is 19.8 Å². The van der Waals surface area contributed by atoms with E-state index >= 15 is 0 Å². The highest BCUT2D eigenvalue weighted by Gasteiger charge is 2.16. The van der Waals surface area contributed by atoms with Gasteiger partial charge in [0.1, 0.15) is 5.78 Å². The summed E-state index contributed by atoms with van der Waals surface area (Å²) in [5, 5.41) is 0. The van der Waals surface area contributed by atoms with Crippen LogP contribution in [0.25, 0.3) is 0 Å². The number of ether oxygens (including phenoxy) is 2. The van der Waals surface area contributed by atoms with Gasteiger partial charge in [-0.1, -0.05) is 6.92 Å². The SMILES string of the molecule is CCOC(=O)CCC(=O)CN(CC)C(C)COC. The zero-order chi connectivity index (χ0) is 14.0. The molecule has 0 aliphatic heterocycles. The van der Waals surface area contributed by atoms with Gasteiger partial charge in [-0.3, -0.25) is 14.5 Å². The summed E-state index contributed by atoms with van der Waals surface area (Å²) in [7, 11) is 1.65. The molecule has 0 radical (unpaired) electrons. The summed E-state index contributed by atoms with van der Waals surface area (Å²) in [5.41, 5.74) is 0. The van der Waals surface area contributed by atoms with Crippen molar-refractivity contribution in [2.45, 2.75) is 39.7 Å². The second kappa shape index (κ2) is 10.0. The third-order valence-corrected chi connectivity index (χ3v) is 2.73. The number of hydrogen-bond donors (Lipinski definition) is 0. The van der Waals surface area contributed by atoms with E-state index in [-0.39, 0.29) is 30.6 Å². The van der Waals surface area contributed by atoms with Crippen molar-refractivity contribution in [3.8, 4) is 0 Å². The van der Waals surface area contributed by atoms with Crippen LogP contribution in [-0.4, -0.2) is 56.1 Å². The Morgan fingerprint density at radius 2 is 1.89 bits per heavy atom. The standard InChI is InChI=1S/C13H25NO4/c1-5-14(11(3)10-17-4)9-12(15)7-8-13(16)18-6-2/h11H,5-10H2,1-4H3. The molecule has 18 heavy (non-hydrogen) atoms. The fraction of sp³-hybridized carbons (Fsp3) is 0.846. The zero-order valence-corrected chi connectivity index (χ0v) is 11.9. The van der Waals surface area contributed by atoms with E-state index in [2.05, 4.69) is 0 Å². The summed E-state index contributed by atoms with van der Waals surface area (Å²) in [5.74, 6) is -0.244. The number of esters is 1. The topological polar surface area (TPSA) is 55.8 Å². The summed E-state index contributed by atoms with van der Waals surface area (Å²) >= 11 is 0. The van der Waals surface area contributed by atoms with Crippen molar-refractivity contribution < 1.29 is 19.1 Å². The molecular formula is C13H25NO4. The Morgan fingerprint density at radius 3 is 2.39 bits per heavy atom. The molecule has 0 saturated carbocycles. The lowest BCUT2D eigenvalue weighted by Crippen LogP contribution is -2.39. The Labute approximate surface area is 109 Å². The molecule has 0 saturated heterocycles. The first-order valence-corrected chi connectivity index (χ1v) is 6.45. The summed E-state index contributed by atoms with van der Waals surface area (Å²) in [4.78, 5) is 24.9. The third-order valence-electron chi connectivity index (χ3n) is 2.73. The van der Waals surface area contributed by atoms with Crippen LogP contribution in [-0.2, 0) is 19.1 Å². The Kier molecular flexibility index (Phi) is 9.50. The van der Waals surface area contributed by atoms with Crippen molar-refractivity contribution in [2.24, 2.45) is 0 Å². The van der Waals surface area contributed by atoms with Crippen LogP contribution < -0.4 is 0 Å². The van der Waals surface area contributed by atoms with Crippen LogP contribution in [0.3, 0.4) is 0 Å². The highest BCUT2D eigenvalue weighted by atomic mass is 16.5. The molecule has 0 amide bonds. The number of carbonyl (C=O) groups is 2. The molecule has 0 aromatic rings. The molecule has 5 nitrogen and oxygen atoms in total. The van der Waals surface area contributed by atoms with Gasteiger partial charge in [0.25, 0.3) is 0 Å². The molecule has 0 bridgehead atoms. The predicted molar refractivity (Wildman–Crippen MR) is 69.5 cm³/mol. The maximum absolute atomic E-state index is 11.7. The van der Waals surface area contributed by atoms with E-state index in [1.165, 1.54) is 0 Å². The number of hydrogen-bond acceptors (Lipinski definition) is 5. The Morgan fingerprint density at radius 1 is 1.22 bits per heavy atom. The minimum Gasteiger partial charge on any atom is -0.466 e.